The largest absolute Gasteiger partial charge is 0.497 e. The number of ether oxygens (including phenoxy) is 1. The zero-order chi connectivity index (χ0) is 19.2. The lowest BCUT2D eigenvalue weighted by Gasteiger charge is -2.08. The summed E-state index contributed by atoms with van der Waals surface area (Å²) in [7, 11) is 1.64. The lowest BCUT2D eigenvalue weighted by Crippen LogP contribution is -2.24. The van der Waals surface area contributed by atoms with Crippen molar-refractivity contribution < 1.29 is 9.53 Å². The van der Waals surface area contributed by atoms with Crippen LogP contribution in [0.5, 0.6) is 5.75 Å². The van der Waals surface area contributed by atoms with Gasteiger partial charge >= 0.3 is 6.03 Å². The normalized spacial score (nSPS) is 10.8. The van der Waals surface area contributed by atoms with Crippen LogP contribution in [-0.4, -0.2) is 23.9 Å². The fraction of sp³-hybridized carbons (Fsp3) is 0.143. The summed E-state index contributed by atoms with van der Waals surface area (Å²) in [5, 5.41) is 6.80. The summed E-state index contributed by atoms with van der Waals surface area (Å²) in [6.07, 6.45) is 3.53. The summed E-state index contributed by atoms with van der Waals surface area (Å²) in [4.78, 5) is 12.0. The predicted molar refractivity (Wildman–Crippen MR) is 108 cm³/mol. The van der Waals surface area contributed by atoms with Crippen LogP contribution in [0.2, 0.25) is 0 Å². The monoisotopic (exact) mass is 362 g/mol. The molecule has 6 heteroatoms. The Kier molecular flexibility index (Phi) is 5.56. The molecule has 1 aromatic heterocycles. The number of anilines is 1. The van der Waals surface area contributed by atoms with E-state index in [-0.39, 0.29) is 0 Å². The van der Waals surface area contributed by atoms with Crippen molar-refractivity contribution in [3.8, 4) is 11.4 Å². The molecule has 0 saturated heterocycles. The van der Waals surface area contributed by atoms with E-state index in [1.807, 2.05) is 79.2 Å². The van der Waals surface area contributed by atoms with Gasteiger partial charge < -0.3 is 14.6 Å². The molecule has 0 unspecified atom stereocenters. The van der Waals surface area contributed by atoms with E-state index in [1.165, 1.54) is 5.56 Å². The van der Waals surface area contributed by atoms with Crippen molar-refractivity contribution in [1.82, 2.24) is 9.99 Å². The van der Waals surface area contributed by atoms with Crippen molar-refractivity contribution in [1.29, 1.82) is 0 Å². The molecule has 2 amide bonds. The Balaban J connectivity index is 1.63. The second-order valence-corrected chi connectivity index (χ2v) is 6.12. The minimum atomic E-state index is -0.392. The van der Waals surface area contributed by atoms with Crippen LogP contribution in [0.15, 0.2) is 65.9 Å². The number of carbonyl (C=O) groups excluding carboxylic acids is 1. The number of hydrazone groups is 1. The van der Waals surface area contributed by atoms with Crippen molar-refractivity contribution in [2.24, 2.45) is 5.10 Å². The highest BCUT2D eigenvalue weighted by atomic mass is 16.5. The number of hydrogen-bond donors (Lipinski definition) is 2. The quantitative estimate of drug-likeness (QED) is 0.526. The van der Waals surface area contributed by atoms with Gasteiger partial charge in [0.2, 0.25) is 0 Å². The molecule has 0 aliphatic carbocycles. The first-order valence-corrected chi connectivity index (χ1v) is 8.56. The third kappa shape index (κ3) is 4.55. The van der Waals surface area contributed by atoms with Gasteiger partial charge in [0, 0.05) is 17.6 Å². The molecule has 0 atom stereocenters. The maximum Gasteiger partial charge on any atom is 0.339 e. The Morgan fingerprint density at radius 3 is 2.56 bits per heavy atom. The molecule has 0 radical (unpaired) electrons. The van der Waals surface area contributed by atoms with E-state index < -0.39 is 6.03 Å². The van der Waals surface area contributed by atoms with Crippen LogP contribution in [0.1, 0.15) is 16.8 Å². The van der Waals surface area contributed by atoms with Gasteiger partial charge in [-0.3, -0.25) is 0 Å². The lowest BCUT2D eigenvalue weighted by molar-refractivity contribution is 0.252. The van der Waals surface area contributed by atoms with Crippen molar-refractivity contribution in [2.45, 2.75) is 13.8 Å². The lowest BCUT2D eigenvalue weighted by atomic mass is 10.1. The highest BCUT2D eigenvalue weighted by Gasteiger charge is 2.03. The van der Waals surface area contributed by atoms with Crippen LogP contribution in [0.25, 0.3) is 5.69 Å². The van der Waals surface area contributed by atoms with Crippen LogP contribution in [0, 0.1) is 13.8 Å². The molecule has 6 nitrogen and oxygen atoms in total. The third-order valence-corrected chi connectivity index (χ3v) is 4.26. The smallest absolute Gasteiger partial charge is 0.339 e. The molecule has 2 aromatic carbocycles. The fourth-order valence-corrected chi connectivity index (χ4v) is 2.61. The number of benzene rings is 2. The summed E-state index contributed by atoms with van der Waals surface area (Å²) in [5.74, 6) is 0.797. The number of amides is 2. The number of nitrogens with zero attached hydrogens (tertiary/aromatic N) is 2. The van der Waals surface area contributed by atoms with Crippen LogP contribution < -0.4 is 15.5 Å². The minimum Gasteiger partial charge on any atom is -0.497 e. The Morgan fingerprint density at radius 2 is 1.85 bits per heavy atom. The number of aromatic nitrogens is 1. The van der Waals surface area contributed by atoms with Gasteiger partial charge in [0.1, 0.15) is 5.75 Å². The average Bonchev–Trinajstić information content (AvgIpc) is 3.13. The van der Waals surface area contributed by atoms with Crippen molar-refractivity contribution in [3.05, 3.63) is 77.6 Å². The second-order valence-electron chi connectivity index (χ2n) is 6.12. The minimum absolute atomic E-state index is 0.392. The maximum absolute atomic E-state index is 12.0. The molecule has 0 aliphatic rings. The molecule has 0 fully saturated rings. The maximum atomic E-state index is 12.0. The van der Waals surface area contributed by atoms with E-state index in [4.69, 9.17) is 4.74 Å². The molecular weight excluding hydrogens is 340 g/mol. The average molecular weight is 362 g/mol. The predicted octanol–water partition coefficient (Wildman–Crippen LogP) is 4.26. The van der Waals surface area contributed by atoms with Gasteiger partial charge in [0.15, 0.2) is 0 Å². The number of hydrogen-bond acceptors (Lipinski definition) is 3. The van der Waals surface area contributed by atoms with Gasteiger partial charge in [-0.1, -0.05) is 6.07 Å². The van der Waals surface area contributed by atoms with E-state index >= 15 is 0 Å². The van der Waals surface area contributed by atoms with Crippen molar-refractivity contribution in [3.63, 3.8) is 0 Å². The van der Waals surface area contributed by atoms with E-state index in [1.54, 1.807) is 13.3 Å². The molecule has 2 N–H and O–H groups in total. The molecule has 27 heavy (non-hydrogen) atoms. The van der Waals surface area contributed by atoms with E-state index in [0.717, 1.165) is 28.4 Å². The van der Waals surface area contributed by atoms with E-state index in [9.17, 15) is 4.79 Å². The van der Waals surface area contributed by atoms with Gasteiger partial charge in [-0.2, -0.15) is 5.10 Å². The molecule has 138 valence electrons. The van der Waals surface area contributed by atoms with E-state index in [0.29, 0.717) is 0 Å². The molecule has 0 bridgehead atoms. The summed E-state index contributed by atoms with van der Waals surface area (Å²) >= 11 is 0. The van der Waals surface area contributed by atoms with E-state index in [2.05, 4.69) is 15.8 Å². The number of nitrogens with one attached hydrogen (secondary N) is 2. The Bertz CT molecular complexity index is 959. The Hall–Kier alpha value is -3.54. The zero-order valence-corrected chi connectivity index (χ0v) is 15.6. The summed E-state index contributed by atoms with van der Waals surface area (Å²) in [6, 6.07) is 16.9. The molecule has 0 spiro atoms. The van der Waals surface area contributed by atoms with Gasteiger partial charge in [-0.05, 0) is 73.5 Å². The number of urea groups is 1. The highest BCUT2D eigenvalue weighted by Crippen LogP contribution is 2.17. The first kappa shape index (κ1) is 18.3. The second kappa shape index (κ2) is 8.23. The van der Waals surface area contributed by atoms with Gasteiger partial charge in [0.25, 0.3) is 0 Å². The molecule has 3 aromatic rings. The van der Waals surface area contributed by atoms with Crippen molar-refractivity contribution in [2.75, 3.05) is 12.4 Å². The first-order valence-electron chi connectivity index (χ1n) is 8.56. The van der Waals surface area contributed by atoms with Gasteiger partial charge in [-0.15, -0.1) is 0 Å². The number of methoxy groups -OCH3 is 1. The van der Waals surface area contributed by atoms with Gasteiger partial charge in [-0.25, -0.2) is 10.2 Å². The Morgan fingerprint density at radius 1 is 1.07 bits per heavy atom. The summed E-state index contributed by atoms with van der Waals surface area (Å²) in [5.41, 5.74) is 7.33. The summed E-state index contributed by atoms with van der Waals surface area (Å²) in [6.45, 7) is 4.03. The SMILES string of the molecule is COc1ccc(-n2cccc2/C=N/NC(=O)Nc2ccc(C)c(C)c2)cc1. The molecule has 3 rings (SSSR count). The van der Waals surface area contributed by atoms with Crippen LogP contribution in [0.4, 0.5) is 10.5 Å². The number of rotatable bonds is 5. The zero-order valence-electron chi connectivity index (χ0n) is 15.6. The molecule has 0 aliphatic heterocycles. The summed E-state index contributed by atoms with van der Waals surface area (Å²) < 4.78 is 7.14. The topological polar surface area (TPSA) is 67.6 Å². The van der Waals surface area contributed by atoms with Crippen LogP contribution in [0.3, 0.4) is 0 Å². The number of aryl methyl sites for hydroxylation is 2. The van der Waals surface area contributed by atoms with Gasteiger partial charge in [0.05, 0.1) is 19.0 Å². The van der Waals surface area contributed by atoms with Crippen LogP contribution in [-0.2, 0) is 0 Å². The molecular formula is C21H22N4O2. The standard InChI is InChI=1S/C21H22N4O2/c1-15-6-7-17(13-16(15)2)23-21(26)24-22-14-19-5-4-12-25(19)18-8-10-20(27-3)11-9-18/h4-14H,1-3H3,(H2,23,24,26)/b22-14+. The fourth-order valence-electron chi connectivity index (χ4n) is 2.61. The molecule has 1 heterocycles. The van der Waals surface area contributed by atoms with Crippen molar-refractivity contribution >= 4 is 17.9 Å². The van der Waals surface area contributed by atoms with Crippen LogP contribution >= 0.6 is 0 Å². The first-order chi connectivity index (χ1) is 13.1. The Labute approximate surface area is 158 Å². The third-order valence-electron chi connectivity index (χ3n) is 4.26. The number of carbonyl (C=O) groups is 1. The molecule has 0 saturated carbocycles. The highest BCUT2D eigenvalue weighted by molar-refractivity contribution is 5.90.